The third-order valence-electron chi connectivity index (χ3n) is 10.2. The smallest absolute Gasteiger partial charge is 0.336 e. The molecule has 1 amide bonds. The minimum atomic E-state index is -0.642. The number of fused-ring (bicyclic) bond motifs is 2. The summed E-state index contributed by atoms with van der Waals surface area (Å²) >= 11 is 6.44. The van der Waals surface area contributed by atoms with Gasteiger partial charge in [-0.25, -0.2) is 14.8 Å². The molecule has 44 heavy (non-hydrogen) atoms. The number of piperazine rings is 1. The Hall–Kier alpha value is -3.73. The summed E-state index contributed by atoms with van der Waals surface area (Å²) in [5.74, 6) is 2.38. The summed E-state index contributed by atoms with van der Waals surface area (Å²) in [5.41, 5.74) is 3.59. The number of aromatic amines is 1. The van der Waals surface area contributed by atoms with Gasteiger partial charge in [0.05, 0.1) is 33.8 Å². The van der Waals surface area contributed by atoms with E-state index in [1.807, 2.05) is 12.1 Å². The van der Waals surface area contributed by atoms with Gasteiger partial charge in [0.25, 0.3) is 0 Å². The summed E-state index contributed by atoms with van der Waals surface area (Å²) in [5, 5.41) is 4.43. The molecule has 3 aliphatic carbocycles. The van der Waals surface area contributed by atoms with Crippen LogP contribution in [0.1, 0.15) is 64.7 Å². The third kappa shape index (κ3) is 4.98. The lowest BCUT2D eigenvalue weighted by Gasteiger charge is -2.45. The molecule has 4 aromatic rings. The molecular weight excluding hydrogens is 580 g/mol. The molecule has 8 rings (SSSR count). The molecule has 0 spiro atoms. The maximum absolute atomic E-state index is 13.3. The molecule has 0 radical (unpaired) electrons. The van der Waals surface area contributed by atoms with Crippen molar-refractivity contribution in [3.63, 3.8) is 0 Å². The number of amides is 1. The average Bonchev–Trinajstić information content (AvgIpc) is 3.41. The zero-order chi connectivity index (χ0) is 29.9. The van der Waals surface area contributed by atoms with E-state index in [1.54, 1.807) is 12.4 Å². The summed E-state index contributed by atoms with van der Waals surface area (Å²) < 4.78 is 7.20. The van der Waals surface area contributed by atoms with Crippen LogP contribution in [0.25, 0.3) is 33.8 Å². The molecule has 230 valence electrons. The van der Waals surface area contributed by atoms with E-state index in [2.05, 4.69) is 36.4 Å². The first-order valence-electron chi connectivity index (χ1n) is 16.1. The second-order valence-corrected chi connectivity index (χ2v) is 13.7. The van der Waals surface area contributed by atoms with Crippen molar-refractivity contribution >= 4 is 34.5 Å². The number of halogens is 1. The summed E-state index contributed by atoms with van der Waals surface area (Å²) in [6.45, 7) is 4.64. The van der Waals surface area contributed by atoms with E-state index >= 15 is 0 Å². The van der Waals surface area contributed by atoms with Crippen LogP contribution in [0, 0.1) is 17.8 Å². The van der Waals surface area contributed by atoms with Crippen LogP contribution in [0.2, 0.25) is 5.02 Å². The number of anilines is 1. The largest absolute Gasteiger partial charge is 0.439 e. The Kier molecular flexibility index (Phi) is 6.96. The van der Waals surface area contributed by atoms with Crippen LogP contribution in [-0.2, 0) is 11.3 Å². The van der Waals surface area contributed by atoms with Crippen LogP contribution in [0.15, 0.2) is 33.8 Å². The summed E-state index contributed by atoms with van der Waals surface area (Å²) in [7, 11) is 0. The molecule has 5 heterocycles. The lowest BCUT2D eigenvalue weighted by atomic mass is 9.83. The number of carbonyl (C=O) groups is 1. The highest BCUT2D eigenvalue weighted by Crippen LogP contribution is 2.42. The number of aromatic nitrogens is 6. The minimum absolute atomic E-state index is 0.214. The topological polar surface area (TPSA) is 126 Å². The molecule has 12 heteroatoms. The van der Waals surface area contributed by atoms with Crippen molar-refractivity contribution in [2.24, 2.45) is 17.8 Å². The molecule has 1 saturated heterocycles. The van der Waals surface area contributed by atoms with E-state index in [-0.39, 0.29) is 23.8 Å². The molecule has 3 saturated carbocycles. The number of carbonyl (C=O) groups excluding carboxylic acids is 1. The lowest BCUT2D eigenvalue weighted by molar-refractivity contribution is -0.135. The normalized spacial score (nSPS) is 25.5. The number of pyridine rings is 2. The zero-order valence-corrected chi connectivity index (χ0v) is 25.7. The van der Waals surface area contributed by atoms with Crippen molar-refractivity contribution < 1.29 is 9.32 Å². The lowest BCUT2D eigenvalue weighted by Crippen LogP contribution is -2.60. The van der Waals surface area contributed by atoms with Crippen LogP contribution in [0.5, 0.6) is 0 Å². The predicted molar refractivity (Wildman–Crippen MR) is 166 cm³/mol. The van der Waals surface area contributed by atoms with Crippen molar-refractivity contribution in [1.82, 2.24) is 34.6 Å². The van der Waals surface area contributed by atoms with E-state index in [9.17, 15) is 9.59 Å². The molecule has 1 aliphatic heterocycles. The first kappa shape index (κ1) is 27.8. The fourth-order valence-corrected chi connectivity index (χ4v) is 7.97. The maximum Gasteiger partial charge on any atom is 0.439 e. The molecule has 4 aromatic heterocycles. The van der Waals surface area contributed by atoms with Crippen LogP contribution in [-0.4, -0.2) is 65.6 Å². The maximum atomic E-state index is 13.3. The minimum Gasteiger partial charge on any atom is -0.336 e. The van der Waals surface area contributed by atoms with Crippen molar-refractivity contribution in [2.75, 3.05) is 18.0 Å². The molecule has 11 nitrogen and oxygen atoms in total. The highest BCUT2D eigenvalue weighted by Gasteiger charge is 2.46. The number of imidazole rings is 1. The molecule has 0 bridgehead atoms. The molecule has 4 aliphatic rings. The quantitative estimate of drug-likeness (QED) is 0.309. The summed E-state index contributed by atoms with van der Waals surface area (Å²) in [6, 6.07) is 4.18. The Morgan fingerprint density at radius 2 is 1.84 bits per heavy atom. The van der Waals surface area contributed by atoms with Gasteiger partial charge in [0.15, 0.2) is 0 Å². The number of H-pyrrole nitrogens is 1. The average molecular weight is 617 g/mol. The van der Waals surface area contributed by atoms with Crippen molar-refractivity contribution in [2.45, 2.75) is 83.3 Å². The number of nitrogens with zero attached hydrogens (tertiary/aromatic N) is 7. The van der Waals surface area contributed by atoms with Crippen LogP contribution < -0.4 is 10.7 Å². The van der Waals surface area contributed by atoms with Gasteiger partial charge in [-0.2, -0.15) is 0 Å². The number of hydrogen-bond donors (Lipinski definition) is 1. The van der Waals surface area contributed by atoms with Gasteiger partial charge < -0.3 is 14.4 Å². The van der Waals surface area contributed by atoms with Gasteiger partial charge in [-0.15, -0.1) is 0 Å². The fraction of sp³-hybridized carbons (Fsp3) is 0.562. The predicted octanol–water partition coefficient (Wildman–Crippen LogP) is 5.30. The molecule has 2 atom stereocenters. The molecule has 1 N–H and O–H groups in total. The monoisotopic (exact) mass is 616 g/mol. The van der Waals surface area contributed by atoms with E-state index in [4.69, 9.17) is 26.1 Å². The summed E-state index contributed by atoms with van der Waals surface area (Å²) in [4.78, 5) is 47.2. The van der Waals surface area contributed by atoms with E-state index in [0.29, 0.717) is 28.2 Å². The molecule has 0 unspecified atom stereocenters. The van der Waals surface area contributed by atoms with Gasteiger partial charge in [0, 0.05) is 43.5 Å². The van der Waals surface area contributed by atoms with Gasteiger partial charge >= 0.3 is 5.76 Å². The van der Waals surface area contributed by atoms with Gasteiger partial charge in [0.2, 0.25) is 17.7 Å². The zero-order valence-electron chi connectivity index (χ0n) is 24.9. The van der Waals surface area contributed by atoms with E-state index < -0.39 is 5.76 Å². The van der Waals surface area contributed by atoms with Gasteiger partial charge in [0.1, 0.15) is 5.69 Å². The Labute approximate surface area is 260 Å². The van der Waals surface area contributed by atoms with Crippen LogP contribution in [0.3, 0.4) is 0 Å². The van der Waals surface area contributed by atoms with Gasteiger partial charge in [-0.05, 0) is 68.9 Å². The first-order valence-corrected chi connectivity index (χ1v) is 16.5. The second-order valence-electron chi connectivity index (χ2n) is 13.3. The first-order chi connectivity index (χ1) is 21.4. The highest BCUT2D eigenvalue weighted by atomic mass is 35.5. The Balaban J connectivity index is 1.29. The van der Waals surface area contributed by atoms with E-state index in [1.165, 1.54) is 25.7 Å². The highest BCUT2D eigenvalue weighted by molar-refractivity contribution is 6.30. The number of nitrogens with one attached hydrogen (secondary N) is 1. The van der Waals surface area contributed by atoms with Crippen LogP contribution >= 0.6 is 11.6 Å². The SMILES string of the molecule is C[C@H]1CC[C@H](Cn2c(N3CCN(C(=O)C4CC4)[C@@H]4CCC[C@H]43)nc3cc(-c4noc(=O)[nH]4)nc(-c4cncc(Cl)c4)c32)CC1. The number of rotatable bonds is 6. The molecule has 0 aromatic carbocycles. The Morgan fingerprint density at radius 1 is 1.02 bits per heavy atom. The van der Waals surface area contributed by atoms with Gasteiger partial charge in [-0.1, -0.05) is 36.5 Å². The number of hydrogen-bond acceptors (Lipinski definition) is 8. The fourth-order valence-electron chi connectivity index (χ4n) is 7.79. The Bertz CT molecular complexity index is 1770. The summed E-state index contributed by atoms with van der Waals surface area (Å²) in [6.07, 6.45) is 13.4. The van der Waals surface area contributed by atoms with E-state index in [0.717, 1.165) is 80.2 Å². The van der Waals surface area contributed by atoms with Crippen molar-refractivity contribution in [3.8, 4) is 22.8 Å². The standard InChI is InChI=1S/C32H37ClN8O3/c1-18-5-7-19(8-6-18)17-41-28-23(14-24(29-37-32(43)44-38-29)35-27(28)21-13-22(33)16-34-15-21)36-31(41)40-12-11-39(30(42)20-9-10-20)25-3-2-4-26(25)40/h13-16,18-20,25-26H,2-12,17H2,1H3,(H,37,38,43)/t18-,19-,25-,26-/m1/s1. The van der Waals surface area contributed by atoms with Crippen molar-refractivity contribution in [3.05, 3.63) is 40.1 Å². The second kappa shape index (κ2) is 11.0. The third-order valence-corrected chi connectivity index (χ3v) is 10.4. The van der Waals surface area contributed by atoms with Gasteiger partial charge in [-0.3, -0.25) is 19.3 Å². The molecule has 4 fully saturated rings. The Morgan fingerprint density at radius 3 is 2.59 bits per heavy atom. The van der Waals surface area contributed by atoms with Crippen LogP contribution in [0.4, 0.5) is 5.95 Å². The van der Waals surface area contributed by atoms with Crippen molar-refractivity contribution in [1.29, 1.82) is 0 Å². The molecular formula is C32H37ClN8O3.